The summed E-state index contributed by atoms with van der Waals surface area (Å²) in [6.07, 6.45) is 2.61. The maximum Gasteiger partial charge on any atom is 0.511 e. The number of halogens is 3. The third-order valence-corrected chi connectivity index (χ3v) is 5.76. The number of nitrogens with zero attached hydrogens (tertiary/aromatic N) is 2. The molecular formula is C16H31F3N4O2S. The predicted molar refractivity (Wildman–Crippen MR) is 97.4 cm³/mol. The van der Waals surface area contributed by atoms with Crippen molar-refractivity contribution in [2.24, 2.45) is 10.4 Å². The van der Waals surface area contributed by atoms with Crippen LogP contribution in [0.5, 0.6) is 0 Å². The van der Waals surface area contributed by atoms with Crippen LogP contribution in [0.1, 0.15) is 53.4 Å². The Labute approximate surface area is 154 Å². The minimum atomic E-state index is -5.24. The van der Waals surface area contributed by atoms with Gasteiger partial charge in [-0.15, -0.1) is 0 Å². The first-order valence-corrected chi connectivity index (χ1v) is 10.4. The van der Waals surface area contributed by atoms with E-state index < -0.39 is 15.5 Å². The van der Waals surface area contributed by atoms with E-state index in [0.717, 1.165) is 12.8 Å². The van der Waals surface area contributed by atoms with E-state index in [0.29, 0.717) is 36.2 Å². The standard InChI is InChI=1S/C16H31F3N4O2S/c1-5-20-14(21-10-6-9-15(2,3)4)22-13-7-11-23(12-8-13)26(24,25)16(17,18)19/h13H,5-12H2,1-4H3,(H2,20,21,22). The summed E-state index contributed by atoms with van der Waals surface area (Å²) in [5, 5.41) is 6.32. The fraction of sp³-hybridized carbons (Fsp3) is 0.938. The molecule has 1 saturated heterocycles. The minimum Gasteiger partial charge on any atom is -0.357 e. The molecule has 0 atom stereocenters. The number of sulfonamides is 1. The average Bonchev–Trinajstić information content (AvgIpc) is 2.50. The molecule has 0 aliphatic carbocycles. The van der Waals surface area contributed by atoms with Crippen LogP contribution in [0, 0.1) is 5.41 Å². The normalized spacial score (nSPS) is 18.8. The Morgan fingerprint density at radius 3 is 2.23 bits per heavy atom. The number of alkyl halides is 3. The quantitative estimate of drug-likeness (QED) is 0.408. The van der Waals surface area contributed by atoms with Crippen molar-refractivity contribution in [1.29, 1.82) is 0 Å². The van der Waals surface area contributed by atoms with E-state index in [1.54, 1.807) is 0 Å². The largest absolute Gasteiger partial charge is 0.511 e. The highest BCUT2D eigenvalue weighted by atomic mass is 32.2. The van der Waals surface area contributed by atoms with Crippen molar-refractivity contribution in [3.05, 3.63) is 0 Å². The van der Waals surface area contributed by atoms with E-state index in [9.17, 15) is 21.6 Å². The lowest BCUT2D eigenvalue weighted by molar-refractivity contribution is -0.0494. The molecule has 0 aromatic rings. The van der Waals surface area contributed by atoms with Crippen LogP contribution >= 0.6 is 0 Å². The Hall–Kier alpha value is -1.03. The van der Waals surface area contributed by atoms with Gasteiger partial charge in [0.05, 0.1) is 0 Å². The molecule has 1 aliphatic rings. The van der Waals surface area contributed by atoms with Crippen LogP contribution in [-0.4, -0.2) is 56.4 Å². The molecule has 1 heterocycles. The van der Waals surface area contributed by atoms with Gasteiger partial charge in [-0.3, -0.25) is 4.99 Å². The van der Waals surface area contributed by atoms with E-state index in [1.807, 2.05) is 6.92 Å². The predicted octanol–water partition coefficient (Wildman–Crippen LogP) is 2.68. The van der Waals surface area contributed by atoms with Crippen LogP contribution in [0.2, 0.25) is 0 Å². The topological polar surface area (TPSA) is 73.8 Å². The van der Waals surface area contributed by atoms with Gasteiger partial charge in [-0.2, -0.15) is 17.5 Å². The highest BCUT2D eigenvalue weighted by Gasteiger charge is 2.50. The Morgan fingerprint density at radius 2 is 1.77 bits per heavy atom. The summed E-state index contributed by atoms with van der Waals surface area (Å²) in [4.78, 5) is 4.50. The zero-order chi connectivity index (χ0) is 20.0. The molecule has 1 aliphatic heterocycles. The van der Waals surface area contributed by atoms with Crippen LogP contribution in [-0.2, 0) is 10.0 Å². The highest BCUT2D eigenvalue weighted by molar-refractivity contribution is 7.90. The van der Waals surface area contributed by atoms with Gasteiger partial charge in [0, 0.05) is 32.2 Å². The van der Waals surface area contributed by atoms with Gasteiger partial charge in [0.15, 0.2) is 5.96 Å². The van der Waals surface area contributed by atoms with E-state index in [4.69, 9.17) is 0 Å². The maximum absolute atomic E-state index is 12.6. The molecule has 1 rings (SSSR count). The third kappa shape index (κ3) is 7.30. The van der Waals surface area contributed by atoms with Gasteiger partial charge in [0.2, 0.25) is 0 Å². The smallest absolute Gasteiger partial charge is 0.357 e. The minimum absolute atomic E-state index is 0.102. The second kappa shape index (κ2) is 9.25. The number of guanidine groups is 1. The molecule has 0 aromatic carbocycles. The van der Waals surface area contributed by atoms with Crippen molar-refractivity contribution < 1.29 is 21.6 Å². The summed E-state index contributed by atoms with van der Waals surface area (Å²) in [6, 6.07) is -0.102. The number of aliphatic imine (C=N–C) groups is 1. The molecule has 10 heteroatoms. The summed E-state index contributed by atoms with van der Waals surface area (Å²) in [6.45, 7) is 9.48. The Morgan fingerprint density at radius 1 is 1.19 bits per heavy atom. The SMILES string of the molecule is CCNC(=NCCCC(C)(C)C)NC1CCN(S(=O)(=O)C(F)(F)F)CC1. The van der Waals surface area contributed by atoms with Gasteiger partial charge in [-0.05, 0) is 38.0 Å². The Bertz CT molecular complexity index is 563. The van der Waals surface area contributed by atoms with Crippen molar-refractivity contribution in [3.8, 4) is 0 Å². The number of hydrogen-bond donors (Lipinski definition) is 2. The molecule has 26 heavy (non-hydrogen) atoms. The lowest BCUT2D eigenvalue weighted by Gasteiger charge is -2.32. The van der Waals surface area contributed by atoms with Crippen molar-refractivity contribution in [2.45, 2.75) is 64.9 Å². The van der Waals surface area contributed by atoms with Crippen LogP contribution < -0.4 is 10.6 Å². The van der Waals surface area contributed by atoms with Crippen molar-refractivity contribution in [2.75, 3.05) is 26.2 Å². The van der Waals surface area contributed by atoms with Crippen LogP contribution in [0.4, 0.5) is 13.2 Å². The number of rotatable bonds is 6. The number of nitrogens with one attached hydrogen (secondary N) is 2. The Balaban J connectivity index is 2.54. The van der Waals surface area contributed by atoms with E-state index in [1.165, 1.54) is 0 Å². The van der Waals surface area contributed by atoms with E-state index >= 15 is 0 Å². The van der Waals surface area contributed by atoms with E-state index in [2.05, 4.69) is 36.4 Å². The number of piperidine rings is 1. The lowest BCUT2D eigenvalue weighted by atomic mass is 9.91. The molecule has 0 aromatic heterocycles. The van der Waals surface area contributed by atoms with E-state index in [-0.39, 0.29) is 24.5 Å². The first-order chi connectivity index (χ1) is 11.9. The first-order valence-electron chi connectivity index (χ1n) is 8.98. The molecule has 0 amide bonds. The van der Waals surface area contributed by atoms with Crippen LogP contribution in [0.15, 0.2) is 4.99 Å². The highest BCUT2D eigenvalue weighted by Crippen LogP contribution is 2.29. The van der Waals surface area contributed by atoms with Crippen molar-refractivity contribution >= 4 is 16.0 Å². The van der Waals surface area contributed by atoms with Crippen molar-refractivity contribution in [3.63, 3.8) is 0 Å². The summed E-state index contributed by atoms with van der Waals surface area (Å²) in [5.74, 6) is 0.624. The molecule has 0 bridgehead atoms. The summed E-state index contributed by atoms with van der Waals surface area (Å²) < 4.78 is 61.2. The van der Waals surface area contributed by atoms with Gasteiger partial charge in [0.25, 0.3) is 0 Å². The van der Waals surface area contributed by atoms with Gasteiger partial charge >= 0.3 is 15.5 Å². The van der Waals surface area contributed by atoms with Crippen LogP contribution in [0.3, 0.4) is 0 Å². The monoisotopic (exact) mass is 400 g/mol. The first kappa shape index (κ1) is 23.0. The zero-order valence-electron chi connectivity index (χ0n) is 16.0. The van der Waals surface area contributed by atoms with Gasteiger partial charge in [0.1, 0.15) is 0 Å². The average molecular weight is 401 g/mol. The third-order valence-electron chi connectivity index (χ3n) is 4.13. The summed E-state index contributed by atoms with van der Waals surface area (Å²) >= 11 is 0. The number of hydrogen-bond acceptors (Lipinski definition) is 3. The summed E-state index contributed by atoms with van der Waals surface area (Å²) in [5.41, 5.74) is -4.99. The molecule has 2 N–H and O–H groups in total. The van der Waals surface area contributed by atoms with Gasteiger partial charge in [-0.25, -0.2) is 8.42 Å². The second-order valence-corrected chi connectivity index (χ2v) is 9.62. The molecule has 0 saturated carbocycles. The molecular weight excluding hydrogens is 369 g/mol. The van der Waals surface area contributed by atoms with Gasteiger partial charge in [-0.1, -0.05) is 20.8 Å². The Kier molecular flexibility index (Phi) is 8.19. The second-order valence-electron chi connectivity index (χ2n) is 7.69. The zero-order valence-corrected chi connectivity index (χ0v) is 16.8. The summed E-state index contributed by atoms with van der Waals surface area (Å²) in [7, 11) is -5.23. The van der Waals surface area contributed by atoms with Crippen molar-refractivity contribution in [1.82, 2.24) is 14.9 Å². The maximum atomic E-state index is 12.6. The molecule has 0 unspecified atom stereocenters. The lowest BCUT2D eigenvalue weighted by Crippen LogP contribution is -2.51. The molecule has 6 nitrogen and oxygen atoms in total. The fourth-order valence-electron chi connectivity index (χ4n) is 2.70. The molecule has 0 spiro atoms. The van der Waals surface area contributed by atoms with Gasteiger partial charge < -0.3 is 10.6 Å². The van der Waals surface area contributed by atoms with Crippen LogP contribution in [0.25, 0.3) is 0 Å². The molecule has 154 valence electrons. The fourth-order valence-corrected chi connectivity index (χ4v) is 3.68. The molecule has 1 fully saturated rings. The molecule has 0 radical (unpaired) electrons.